The third kappa shape index (κ3) is 2.50. The second-order valence-corrected chi connectivity index (χ2v) is 4.12. The van der Waals surface area contributed by atoms with E-state index in [4.69, 9.17) is 15.7 Å². The number of nitrogens with two attached hydrogens (primary N) is 1. The molecule has 0 aromatic carbocycles. The molecule has 1 heterocycles. The minimum absolute atomic E-state index is 0.154. The summed E-state index contributed by atoms with van der Waals surface area (Å²) in [5.74, 6) is 0.450. The fourth-order valence-electron chi connectivity index (χ4n) is 1.93. The molecule has 0 amide bonds. The molecule has 1 aliphatic carbocycles. The Hall–Kier alpha value is -1.60. The number of nitrogens with zero attached hydrogens (tertiary/aromatic N) is 2. The third-order valence-corrected chi connectivity index (χ3v) is 2.89. The van der Waals surface area contributed by atoms with Gasteiger partial charge in [-0.25, -0.2) is 4.98 Å². The van der Waals surface area contributed by atoms with Crippen molar-refractivity contribution in [3.05, 3.63) is 23.9 Å². The highest BCUT2D eigenvalue weighted by molar-refractivity contribution is 5.37. The van der Waals surface area contributed by atoms with Gasteiger partial charge in [0.15, 0.2) is 0 Å². The largest absolute Gasteiger partial charge is 0.473 e. The SMILES string of the molecule is N#Cc1cccnc1OC1CCC(N)CC1. The highest BCUT2D eigenvalue weighted by Crippen LogP contribution is 2.23. The van der Waals surface area contributed by atoms with Crippen LogP contribution in [0.15, 0.2) is 18.3 Å². The molecule has 0 aliphatic heterocycles. The van der Waals surface area contributed by atoms with Crippen molar-refractivity contribution in [2.24, 2.45) is 5.73 Å². The van der Waals surface area contributed by atoms with Crippen molar-refractivity contribution >= 4 is 0 Å². The molecule has 0 unspecified atom stereocenters. The average molecular weight is 217 g/mol. The van der Waals surface area contributed by atoms with Gasteiger partial charge in [-0.3, -0.25) is 0 Å². The molecule has 0 spiro atoms. The summed E-state index contributed by atoms with van der Waals surface area (Å²) in [6.45, 7) is 0. The molecule has 4 heteroatoms. The van der Waals surface area contributed by atoms with E-state index in [1.807, 2.05) is 0 Å². The lowest BCUT2D eigenvalue weighted by molar-refractivity contribution is 0.141. The number of hydrogen-bond acceptors (Lipinski definition) is 4. The molecule has 0 saturated heterocycles. The van der Waals surface area contributed by atoms with Crippen LogP contribution in [-0.2, 0) is 0 Å². The molecule has 0 radical (unpaired) electrons. The van der Waals surface area contributed by atoms with Crippen LogP contribution < -0.4 is 10.5 Å². The van der Waals surface area contributed by atoms with Gasteiger partial charge in [-0.15, -0.1) is 0 Å². The van der Waals surface area contributed by atoms with Gasteiger partial charge in [0.2, 0.25) is 5.88 Å². The zero-order valence-corrected chi connectivity index (χ0v) is 9.10. The Morgan fingerprint density at radius 1 is 1.38 bits per heavy atom. The van der Waals surface area contributed by atoms with Gasteiger partial charge in [-0.1, -0.05) is 0 Å². The van der Waals surface area contributed by atoms with Crippen molar-refractivity contribution in [3.63, 3.8) is 0 Å². The number of pyridine rings is 1. The predicted octanol–water partition coefficient (Wildman–Crippen LogP) is 1.60. The zero-order valence-electron chi connectivity index (χ0n) is 9.10. The number of aromatic nitrogens is 1. The van der Waals surface area contributed by atoms with Gasteiger partial charge in [0, 0.05) is 12.2 Å². The maximum absolute atomic E-state index is 8.90. The van der Waals surface area contributed by atoms with Crippen molar-refractivity contribution < 1.29 is 4.74 Å². The molecular weight excluding hydrogens is 202 g/mol. The fraction of sp³-hybridized carbons (Fsp3) is 0.500. The van der Waals surface area contributed by atoms with E-state index in [0.29, 0.717) is 17.5 Å². The first-order valence-corrected chi connectivity index (χ1v) is 5.57. The Kier molecular flexibility index (Phi) is 3.37. The molecular formula is C12H15N3O. The van der Waals surface area contributed by atoms with Crippen molar-refractivity contribution in [2.45, 2.75) is 37.8 Å². The van der Waals surface area contributed by atoms with Crippen LogP contribution in [0.2, 0.25) is 0 Å². The van der Waals surface area contributed by atoms with Gasteiger partial charge >= 0.3 is 0 Å². The van der Waals surface area contributed by atoms with E-state index < -0.39 is 0 Å². The molecule has 0 atom stereocenters. The Morgan fingerprint density at radius 3 is 2.81 bits per heavy atom. The second-order valence-electron chi connectivity index (χ2n) is 4.12. The normalized spacial score (nSPS) is 24.8. The topological polar surface area (TPSA) is 71.9 Å². The number of nitriles is 1. The minimum Gasteiger partial charge on any atom is -0.473 e. The van der Waals surface area contributed by atoms with Crippen LogP contribution in [0.4, 0.5) is 0 Å². The number of hydrogen-bond donors (Lipinski definition) is 1. The Morgan fingerprint density at radius 2 is 2.12 bits per heavy atom. The first-order chi connectivity index (χ1) is 7.79. The van der Waals surface area contributed by atoms with E-state index in [2.05, 4.69) is 11.1 Å². The lowest BCUT2D eigenvalue weighted by atomic mass is 9.94. The smallest absolute Gasteiger partial charge is 0.231 e. The van der Waals surface area contributed by atoms with Gasteiger partial charge in [-0.2, -0.15) is 5.26 Å². The van der Waals surface area contributed by atoms with E-state index in [1.165, 1.54) is 0 Å². The summed E-state index contributed by atoms with van der Waals surface area (Å²) in [5, 5.41) is 8.90. The molecule has 1 aromatic rings. The van der Waals surface area contributed by atoms with Crippen molar-refractivity contribution in [1.29, 1.82) is 5.26 Å². The van der Waals surface area contributed by atoms with Crippen LogP contribution in [0.1, 0.15) is 31.2 Å². The van der Waals surface area contributed by atoms with E-state index in [0.717, 1.165) is 25.7 Å². The van der Waals surface area contributed by atoms with E-state index >= 15 is 0 Å². The van der Waals surface area contributed by atoms with Crippen LogP contribution in [0.3, 0.4) is 0 Å². The van der Waals surface area contributed by atoms with Crippen molar-refractivity contribution in [1.82, 2.24) is 4.98 Å². The number of rotatable bonds is 2. The first kappa shape index (κ1) is 10.9. The van der Waals surface area contributed by atoms with Crippen LogP contribution in [-0.4, -0.2) is 17.1 Å². The third-order valence-electron chi connectivity index (χ3n) is 2.89. The Labute approximate surface area is 95.0 Å². The fourth-order valence-corrected chi connectivity index (χ4v) is 1.93. The summed E-state index contributed by atoms with van der Waals surface area (Å²) >= 11 is 0. The summed E-state index contributed by atoms with van der Waals surface area (Å²) in [4.78, 5) is 4.09. The molecule has 1 fully saturated rings. The number of ether oxygens (including phenoxy) is 1. The van der Waals surface area contributed by atoms with Crippen LogP contribution >= 0.6 is 0 Å². The summed E-state index contributed by atoms with van der Waals surface area (Å²) in [5.41, 5.74) is 6.32. The Bertz CT molecular complexity index is 391. The van der Waals surface area contributed by atoms with E-state index in [1.54, 1.807) is 18.3 Å². The van der Waals surface area contributed by atoms with Gasteiger partial charge in [-0.05, 0) is 37.8 Å². The van der Waals surface area contributed by atoms with Crippen LogP contribution in [0.5, 0.6) is 5.88 Å². The van der Waals surface area contributed by atoms with Gasteiger partial charge in [0.05, 0.1) is 0 Å². The molecule has 1 aromatic heterocycles. The minimum atomic E-state index is 0.154. The Balaban J connectivity index is 2.01. The summed E-state index contributed by atoms with van der Waals surface area (Å²) < 4.78 is 5.74. The van der Waals surface area contributed by atoms with Crippen LogP contribution in [0, 0.1) is 11.3 Å². The lowest BCUT2D eigenvalue weighted by Crippen LogP contribution is -2.32. The first-order valence-electron chi connectivity index (χ1n) is 5.57. The highest BCUT2D eigenvalue weighted by atomic mass is 16.5. The van der Waals surface area contributed by atoms with Gasteiger partial charge < -0.3 is 10.5 Å². The van der Waals surface area contributed by atoms with Gasteiger partial charge in [0.1, 0.15) is 17.7 Å². The standard InChI is InChI=1S/C12H15N3O/c13-8-9-2-1-7-15-12(9)16-11-5-3-10(14)4-6-11/h1-2,7,10-11H,3-6,14H2. The maximum Gasteiger partial charge on any atom is 0.231 e. The monoisotopic (exact) mass is 217 g/mol. The molecule has 1 aliphatic rings. The van der Waals surface area contributed by atoms with E-state index in [9.17, 15) is 0 Å². The molecule has 0 bridgehead atoms. The second kappa shape index (κ2) is 4.95. The summed E-state index contributed by atoms with van der Waals surface area (Å²) in [6.07, 6.45) is 5.66. The average Bonchev–Trinajstić information content (AvgIpc) is 2.33. The maximum atomic E-state index is 8.90. The summed E-state index contributed by atoms with van der Waals surface area (Å²) in [6, 6.07) is 5.84. The highest BCUT2D eigenvalue weighted by Gasteiger charge is 2.21. The van der Waals surface area contributed by atoms with Crippen molar-refractivity contribution in [3.8, 4) is 11.9 Å². The predicted molar refractivity (Wildman–Crippen MR) is 59.8 cm³/mol. The molecule has 2 N–H and O–H groups in total. The quantitative estimate of drug-likeness (QED) is 0.816. The molecule has 4 nitrogen and oxygen atoms in total. The lowest BCUT2D eigenvalue weighted by Gasteiger charge is -2.26. The summed E-state index contributed by atoms with van der Waals surface area (Å²) in [7, 11) is 0. The molecule has 2 rings (SSSR count). The van der Waals surface area contributed by atoms with Crippen LogP contribution in [0.25, 0.3) is 0 Å². The molecule has 84 valence electrons. The van der Waals surface area contributed by atoms with Gasteiger partial charge in [0.25, 0.3) is 0 Å². The van der Waals surface area contributed by atoms with Crippen molar-refractivity contribution in [2.75, 3.05) is 0 Å². The molecule has 1 saturated carbocycles. The van der Waals surface area contributed by atoms with E-state index in [-0.39, 0.29) is 6.10 Å². The zero-order chi connectivity index (χ0) is 11.4. The molecule has 16 heavy (non-hydrogen) atoms.